The van der Waals surface area contributed by atoms with Crippen molar-refractivity contribution in [1.82, 2.24) is 29.7 Å². The van der Waals surface area contributed by atoms with Crippen molar-refractivity contribution in [1.29, 1.82) is 0 Å². The number of likely N-dealkylation sites (tertiary alicyclic amines) is 1. The highest BCUT2D eigenvalue weighted by Gasteiger charge is 2.33. The number of rotatable bonds is 6. The van der Waals surface area contributed by atoms with E-state index in [9.17, 15) is 8.78 Å². The van der Waals surface area contributed by atoms with Gasteiger partial charge in [-0.1, -0.05) is 0 Å². The summed E-state index contributed by atoms with van der Waals surface area (Å²) in [7, 11) is 1.83. The van der Waals surface area contributed by atoms with E-state index in [1.807, 2.05) is 25.2 Å². The highest BCUT2D eigenvalue weighted by atomic mass is 19.1. The molecule has 3 aromatic heterocycles. The lowest BCUT2D eigenvalue weighted by molar-refractivity contribution is -0.0234. The number of hydrogen-bond acceptors (Lipinski definition) is 7. The Morgan fingerprint density at radius 2 is 1.97 bits per heavy atom. The van der Waals surface area contributed by atoms with Crippen molar-refractivity contribution in [3.05, 3.63) is 59.7 Å². The first-order chi connectivity index (χ1) is 15.5. The zero-order chi connectivity index (χ0) is 22.2. The predicted octanol–water partition coefficient (Wildman–Crippen LogP) is 2.92. The van der Waals surface area contributed by atoms with Gasteiger partial charge in [-0.15, -0.1) is 0 Å². The average molecular weight is 439 g/mol. The second kappa shape index (κ2) is 8.27. The van der Waals surface area contributed by atoms with Crippen LogP contribution in [0.15, 0.2) is 42.0 Å². The maximum Gasteiger partial charge on any atom is 0.183 e. The molecule has 1 saturated heterocycles. The van der Waals surface area contributed by atoms with Crippen molar-refractivity contribution in [2.75, 3.05) is 19.8 Å². The van der Waals surface area contributed by atoms with Crippen LogP contribution in [0.5, 0.6) is 5.75 Å². The van der Waals surface area contributed by atoms with E-state index in [1.54, 1.807) is 23.1 Å². The topological polar surface area (TPSA) is 71.7 Å². The molecular weight excluding hydrogens is 416 g/mol. The Balaban J connectivity index is 1.20. The Bertz CT molecular complexity index is 1140. The van der Waals surface area contributed by atoms with Gasteiger partial charge in [-0.05, 0) is 24.1 Å². The number of halogens is 2. The number of hydrazone groups is 1. The standard InChI is InChI=1S/C22H23F2N7O/c1-14-7-28-29(2)22(14)19-6-21(18(24)10-26-19)32-17-11-30(12-17)13-31-20(3-4-27-31)15-5-16(23)9-25-8-15/h4-10,17,20H,3,11-13H2,1-2H3/t20-/m0/s1. The number of nitrogens with zero attached hydrogens (tertiary/aromatic N) is 7. The van der Waals surface area contributed by atoms with Crippen molar-refractivity contribution >= 4 is 6.21 Å². The van der Waals surface area contributed by atoms with E-state index in [2.05, 4.69) is 25.1 Å². The molecule has 0 N–H and O–H groups in total. The van der Waals surface area contributed by atoms with Gasteiger partial charge in [0.15, 0.2) is 11.6 Å². The summed E-state index contributed by atoms with van der Waals surface area (Å²) in [5.74, 6) is -0.662. The molecule has 8 nitrogen and oxygen atoms in total. The Kier molecular flexibility index (Phi) is 5.30. The van der Waals surface area contributed by atoms with Crippen LogP contribution in [0, 0.1) is 18.6 Å². The Labute approximate surface area is 184 Å². The fraction of sp³-hybridized carbons (Fsp3) is 0.364. The van der Waals surface area contributed by atoms with Gasteiger partial charge in [-0.2, -0.15) is 10.2 Å². The normalized spacial score (nSPS) is 18.9. The molecule has 0 bridgehead atoms. The summed E-state index contributed by atoms with van der Waals surface area (Å²) in [6, 6.07) is 3.08. The van der Waals surface area contributed by atoms with E-state index in [-0.39, 0.29) is 23.7 Å². The van der Waals surface area contributed by atoms with Gasteiger partial charge >= 0.3 is 0 Å². The molecule has 0 spiro atoms. The first kappa shape index (κ1) is 20.5. The summed E-state index contributed by atoms with van der Waals surface area (Å²) in [6.07, 6.45) is 8.21. The van der Waals surface area contributed by atoms with Crippen molar-refractivity contribution in [3.8, 4) is 17.1 Å². The minimum absolute atomic E-state index is 0.0412. The molecular formula is C22H23F2N7O. The molecule has 2 aliphatic rings. The van der Waals surface area contributed by atoms with E-state index in [0.29, 0.717) is 31.9 Å². The van der Waals surface area contributed by atoms with E-state index < -0.39 is 5.82 Å². The molecule has 5 heterocycles. The molecule has 5 rings (SSSR count). The van der Waals surface area contributed by atoms with Crippen molar-refractivity contribution in [3.63, 3.8) is 0 Å². The van der Waals surface area contributed by atoms with Gasteiger partial charge in [-0.25, -0.2) is 8.78 Å². The third-order valence-corrected chi connectivity index (χ3v) is 5.78. The van der Waals surface area contributed by atoms with E-state index in [0.717, 1.165) is 16.8 Å². The minimum Gasteiger partial charge on any atom is -0.485 e. The summed E-state index contributed by atoms with van der Waals surface area (Å²) in [5, 5.41) is 10.6. The third-order valence-electron chi connectivity index (χ3n) is 5.78. The third kappa shape index (κ3) is 3.93. The lowest BCUT2D eigenvalue weighted by Crippen LogP contribution is -2.56. The summed E-state index contributed by atoms with van der Waals surface area (Å²) in [6.45, 7) is 3.80. The van der Waals surface area contributed by atoms with Crippen molar-refractivity contribution < 1.29 is 13.5 Å². The molecule has 1 atom stereocenters. The fourth-order valence-corrected chi connectivity index (χ4v) is 4.16. The van der Waals surface area contributed by atoms with Gasteiger partial charge in [0.25, 0.3) is 0 Å². The number of pyridine rings is 2. The van der Waals surface area contributed by atoms with E-state index >= 15 is 0 Å². The van der Waals surface area contributed by atoms with Crippen LogP contribution in [-0.2, 0) is 7.05 Å². The van der Waals surface area contributed by atoms with E-state index in [4.69, 9.17) is 4.74 Å². The summed E-state index contributed by atoms with van der Waals surface area (Å²) >= 11 is 0. The number of ether oxygens (including phenoxy) is 1. The maximum absolute atomic E-state index is 14.3. The van der Waals surface area contributed by atoms with Gasteiger partial charge in [-0.3, -0.25) is 24.6 Å². The van der Waals surface area contributed by atoms with Crippen LogP contribution in [0.2, 0.25) is 0 Å². The Morgan fingerprint density at radius 1 is 1.12 bits per heavy atom. The van der Waals surface area contributed by atoms with E-state index in [1.165, 1.54) is 18.5 Å². The minimum atomic E-state index is -0.491. The second-order valence-electron chi connectivity index (χ2n) is 8.14. The van der Waals surface area contributed by atoms with Gasteiger partial charge in [0.05, 0.1) is 42.7 Å². The fourth-order valence-electron chi connectivity index (χ4n) is 4.16. The van der Waals surface area contributed by atoms with Crippen LogP contribution in [0.4, 0.5) is 8.78 Å². The lowest BCUT2D eigenvalue weighted by Gasteiger charge is -2.41. The molecule has 32 heavy (non-hydrogen) atoms. The molecule has 0 aromatic carbocycles. The van der Waals surface area contributed by atoms with Gasteiger partial charge in [0.2, 0.25) is 0 Å². The molecule has 0 amide bonds. The SMILES string of the molecule is Cc1cnn(C)c1-c1cc(OC2CN(CN3N=CC[C@H]3c3cncc(F)c3)C2)c(F)cn1. The summed E-state index contributed by atoms with van der Waals surface area (Å²) in [5.41, 5.74) is 3.21. The maximum atomic E-state index is 14.3. The van der Waals surface area contributed by atoms with Crippen molar-refractivity contribution in [2.45, 2.75) is 25.5 Å². The molecule has 166 valence electrons. The van der Waals surface area contributed by atoms with Crippen LogP contribution < -0.4 is 4.74 Å². The highest BCUT2D eigenvalue weighted by molar-refractivity contribution is 5.61. The monoisotopic (exact) mass is 439 g/mol. The number of aromatic nitrogens is 4. The van der Waals surface area contributed by atoms with Gasteiger partial charge < -0.3 is 4.74 Å². The molecule has 10 heteroatoms. The molecule has 1 fully saturated rings. The Morgan fingerprint density at radius 3 is 2.72 bits per heavy atom. The van der Waals surface area contributed by atoms with Gasteiger partial charge in [0, 0.05) is 45.0 Å². The van der Waals surface area contributed by atoms with Crippen molar-refractivity contribution in [2.24, 2.45) is 12.1 Å². The van der Waals surface area contributed by atoms with Crippen LogP contribution in [-0.4, -0.2) is 61.7 Å². The molecule has 3 aromatic rings. The smallest absolute Gasteiger partial charge is 0.183 e. The zero-order valence-corrected chi connectivity index (χ0v) is 17.8. The largest absolute Gasteiger partial charge is 0.485 e. The second-order valence-corrected chi connectivity index (χ2v) is 8.14. The molecule has 0 aliphatic carbocycles. The average Bonchev–Trinajstić information content (AvgIpc) is 3.34. The molecule has 0 saturated carbocycles. The predicted molar refractivity (Wildman–Crippen MR) is 114 cm³/mol. The van der Waals surface area contributed by atoms with Crippen LogP contribution in [0.1, 0.15) is 23.6 Å². The molecule has 0 radical (unpaired) electrons. The van der Waals surface area contributed by atoms with Gasteiger partial charge in [0.1, 0.15) is 11.9 Å². The first-order valence-electron chi connectivity index (χ1n) is 10.4. The van der Waals surface area contributed by atoms with Crippen LogP contribution in [0.25, 0.3) is 11.4 Å². The highest BCUT2D eigenvalue weighted by Crippen LogP contribution is 2.31. The molecule has 0 unspecified atom stereocenters. The summed E-state index contributed by atoms with van der Waals surface area (Å²) < 4.78 is 35.5. The summed E-state index contributed by atoms with van der Waals surface area (Å²) in [4.78, 5) is 10.3. The van der Waals surface area contributed by atoms with Crippen LogP contribution in [0.3, 0.4) is 0 Å². The lowest BCUT2D eigenvalue weighted by atomic mass is 10.1. The quantitative estimate of drug-likeness (QED) is 0.588. The number of aryl methyl sites for hydroxylation is 2. The van der Waals surface area contributed by atoms with Crippen LogP contribution >= 0.6 is 0 Å². The Hall–Kier alpha value is -3.40. The molecule has 2 aliphatic heterocycles. The number of hydrogen-bond donors (Lipinski definition) is 0. The zero-order valence-electron chi connectivity index (χ0n) is 17.8. The first-order valence-corrected chi connectivity index (χ1v) is 10.4.